The van der Waals surface area contributed by atoms with E-state index in [1.165, 1.54) is 4.90 Å². The van der Waals surface area contributed by atoms with Crippen molar-refractivity contribution in [1.82, 2.24) is 15.2 Å². The van der Waals surface area contributed by atoms with Crippen LogP contribution in [0, 0.1) is 0 Å². The molecule has 1 unspecified atom stereocenters. The number of aromatic nitrogens is 1. The molecule has 9 heteroatoms. The minimum atomic E-state index is -0.257. The summed E-state index contributed by atoms with van der Waals surface area (Å²) < 4.78 is 5.83. The van der Waals surface area contributed by atoms with E-state index in [4.69, 9.17) is 33.0 Å². The molecule has 2 amide bonds. The van der Waals surface area contributed by atoms with E-state index in [9.17, 15) is 4.79 Å². The summed E-state index contributed by atoms with van der Waals surface area (Å²) in [5.74, 6) is 0.550. The zero-order valence-corrected chi connectivity index (χ0v) is 18.1. The molecular weight excluding hydrogens is 427 g/mol. The van der Waals surface area contributed by atoms with Gasteiger partial charge in [-0.25, -0.2) is 9.78 Å². The number of anilines is 1. The monoisotopic (exact) mass is 452 g/mol. The minimum absolute atomic E-state index is 0.00598. The van der Waals surface area contributed by atoms with E-state index >= 15 is 0 Å². The first-order chi connectivity index (χ1) is 14.6. The third-order valence-corrected chi connectivity index (χ3v) is 5.54. The lowest BCUT2D eigenvalue weighted by Gasteiger charge is -2.33. The summed E-state index contributed by atoms with van der Waals surface area (Å²) in [6.45, 7) is 3.61. The maximum atomic E-state index is 12.7. The number of aliphatic hydroxyl groups is 1. The van der Waals surface area contributed by atoms with Crippen LogP contribution in [0.25, 0.3) is 0 Å². The van der Waals surface area contributed by atoms with Gasteiger partial charge in [-0.3, -0.25) is 9.80 Å². The van der Waals surface area contributed by atoms with E-state index in [0.29, 0.717) is 48.5 Å². The lowest BCUT2D eigenvalue weighted by molar-refractivity contribution is -0.0286. The summed E-state index contributed by atoms with van der Waals surface area (Å²) in [7, 11) is 0. The molecule has 30 heavy (non-hydrogen) atoms. The van der Waals surface area contributed by atoms with Gasteiger partial charge in [-0.15, -0.1) is 0 Å². The van der Waals surface area contributed by atoms with Gasteiger partial charge in [-0.1, -0.05) is 35.3 Å². The lowest BCUT2D eigenvalue weighted by Crippen LogP contribution is -2.50. The number of aliphatic hydroxyl groups excluding tert-OH is 1. The molecule has 0 saturated carbocycles. The van der Waals surface area contributed by atoms with Crippen LogP contribution in [0.15, 0.2) is 42.6 Å². The molecule has 3 rings (SSSR count). The van der Waals surface area contributed by atoms with Crippen molar-refractivity contribution in [2.75, 3.05) is 44.3 Å². The van der Waals surface area contributed by atoms with Crippen LogP contribution in [-0.4, -0.2) is 66.5 Å². The number of urea groups is 1. The topological polar surface area (TPSA) is 77.9 Å². The average Bonchev–Trinajstić information content (AvgIpc) is 2.76. The molecule has 1 aromatic carbocycles. The van der Waals surface area contributed by atoms with E-state index in [0.717, 1.165) is 18.7 Å². The highest BCUT2D eigenvalue weighted by Gasteiger charge is 2.23. The Hall–Kier alpha value is -1.90. The van der Waals surface area contributed by atoms with Crippen molar-refractivity contribution in [3.63, 3.8) is 0 Å². The largest absolute Gasteiger partial charge is 0.396 e. The van der Waals surface area contributed by atoms with Crippen molar-refractivity contribution >= 4 is 35.1 Å². The van der Waals surface area contributed by atoms with Gasteiger partial charge in [0.1, 0.15) is 5.82 Å². The third-order valence-electron chi connectivity index (χ3n) is 4.80. The SMILES string of the molecule is O=C(NCC1CN(Cc2ccc(Cl)c(Cl)c2)CCO1)N(CCCO)c1ccccn1. The van der Waals surface area contributed by atoms with Gasteiger partial charge in [0.2, 0.25) is 0 Å². The second-order valence-electron chi connectivity index (χ2n) is 7.08. The van der Waals surface area contributed by atoms with Crippen molar-refractivity contribution in [3.8, 4) is 0 Å². The van der Waals surface area contributed by atoms with E-state index in [2.05, 4.69) is 15.2 Å². The normalized spacial score (nSPS) is 17.0. The molecule has 162 valence electrons. The summed E-state index contributed by atoms with van der Waals surface area (Å²) in [5.41, 5.74) is 1.08. The highest BCUT2D eigenvalue weighted by Crippen LogP contribution is 2.23. The first-order valence-electron chi connectivity index (χ1n) is 9.92. The van der Waals surface area contributed by atoms with Gasteiger partial charge in [0, 0.05) is 45.5 Å². The van der Waals surface area contributed by atoms with Crippen molar-refractivity contribution in [2.24, 2.45) is 0 Å². The number of hydrogen-bond acceptors (Lipinski definition) is 5. The molecule has 2 aromatic rings. The molecule has 1 aromatic heterocycles. The van der Waals surface area contributed by atoms with Crippen molar-refractivity contribution in [3.05, 3.63) is 58.2 Å². The number of morpholine rings is 1. The maximum Gasteiger partial charge on any atom is 0.323 e. The number of hydrogen-bond donors (Lipinski definition) is 2. The van der Waals surface area contributed by atoms with Gasteiger partial charge in [0.15, 0.2) is 0 Å². The van der Waals surface area contributed by atoms with Gasteiger partial charge >= 0.3 is 6.03 Å². The number of amides is 2. The van der Waals surface area contributed by atoms with Crippen LogP contribution in [0.4, 0.5) is 10.6 Å². The first kappa shape index (κ1) is 22.8. The first-order valence-corrected chi connectivity index (χ1v) is 10.7. The number of carbonyl (C=O) groups is 1. The van der Waals surface area contributed by atoms with Crippen molar-refractivity contribution in [2.45, 2.75) is 19.1 Å². The standard InChI is InChI=1S/C21H26Cl2N4O3/c22-18-6-5-16(12-19(18)23)14-26-9-11-30-17(15-26)13-25-21(29)27(8-3-10-28)20-4-1-2-7-24-20/h1-2,4-7,12,17,28H,3,8-11,13-15H2,(H,25,29). The molecular formula is C21H26Cl2N4O3. The second-order valence-corrected chi connectivity index (χ2v) is 7.89. The Labute approximate surface area is 186 Å². The number of carbonyl (C=O) groups excluding carboxylic acids is 1. The number of ether oxygens (including phenoxy) is 1. The minimum Gasteiger partial charge on any atom is -0.396 e. The summed E-state index contributed by atoms with van der Waals surface area (Å²) in [4.78, 5) is 20.8. The van der Waals surface area contributed by atoms with E-state index in [-0.39, 0.29) is 18.7 Å². The lowest BCUT2D eigenvalue weighted by atomic mass is 10.2. The van der Waals surface area contributed by atoms with Gasteiger partial charge in [0.05, 0.1) is 22.8 Å². The molecule has 1 aliphatic heterocycles. The van der Waals surface area contributed by atoms with Crippen LogP contribution >= 0.6 is 23.2 Å². The van der Waals surface area contributed by atoms with Gasteiger partial charge in [-0.05, 0) is 36.2 Å². The van der Waals surface area contributed by atoms with E-state index in [1.54, 1.807) is 24.4 Å². The predicted molar refractivity (Wildman–Crippen MR) is 118 cm³/mol. The zero-order valence-electron chi connectivity index (χ0n) is 16.6. The average molecular weight is 453 g/mol. The smallest absolute Gasteiger partial charge is 0.323 e. The predicted octanol–water partition coefficient (Wildman–Crippen LogP) is 3.19. The molecule has 0 spiro atoms. The number of pyridine rings is 1. The fourth-order valence-electron chi connectivity index (χ4n) is 3.30. The highest BCUT2D eigenvalue weighted by atomic mass is 35.5. The van der Waals surface area contributed by atoms with E-state index < -0.39 is 0 Å². The molecule has 2 heterocycles. The van der Waals surface area contributed by atoms with Crippen molar-refractivity contribution in [1.29, 1.82) is 0 Å². The number of rotatable bonds is 8. The number of benzene rings is 1. The van der Waals surface area contributed by atoms with Gasteiger partial charge in [-0.2, -0.15) is 0 Å². The van der Waals surface area contributed by atoms with Crippen LogP contribution < -0.4 is 10.2 Å². The molecule has 1 aliphatic rings. The molecule has 0 bridgehead atoms. The Morgan fingerprint density at radius 3 is 2.90 bits per heavy atom. The fourth-order valence-corrected chi connectivity index (χ4v) is 3.62. The molecule has 7 nitrogen and oxygen atoms in total. The molecule has 1 fully saturated rings. The van der Waals surface area contributed by atoms with Crippen molar-refractivity contribution < 1.29 is 14.6 Å². The third kappa shape index (κ3) is 6.55. The Morgan fingerprint density at radius 2 is 2.17 bits per heavy atom. The Bertz CT molecular complexity index is 825. The Morgan fingerprint density at radius 1 is 1.30 bits per heavy atom. The highest BCUT2D eigenvalue weighted by molar-refractivity contribution is 6.42. The van der Waals surface area contributed by atoms with Gasteiger partial charge in [0.25, 0.3) is 0 Å². The molecule has 0 radical (unpaired) electrons. The quantitative estimate of drug-likeness (QED) is 0.642. The maximum absolute atomic E-state index is 12.7. The van der Waals surface area contributed by atoms with E-state index in [1.807, 2.05) is 18.2 Å². The Kier molecular flexibility index (Phi) is 8.72. The summed E-state index contributed by atoms with van der Waals surface area (Å²) >= 11 is 12.1. The number of nitrogens with zero attached hydrogens (tertiary/aromatic N) is 3. The second kappa shape index (κ2) is 11.5. The summed E-state index contributed by atoms with van der Waals surface area (Å²) in [5, 5.41) is 13.2. The molecule has 2 N–H and O–H groups in total. The van der Waals surface area contributed by atoms with Gasteiger partial charge < -0.3 is 15.2 Å². The number of nitrogens with one attached hydrogen (secondary N) is 1. The van der Waals surface area contributed by atoms with Crippen LogP contribution in [0.2, 0.25) is 10.0 Å². The van der Waals surface area contributed by atoms with Crippen LogP contribution in [-0.2, 0) is 11.3 Å². The summed E-state index contributed by atoms with van der Waals surface area (Å²) in [6, 6.07) is 10.8. The zero-order chi connectivity index (χ0) is 21.3. The van der Waals surface area contributed by atoms with Crippen LogP contribution in [0.1, 0.15) is 12.0 Å². The molecule has 0 aliphatic carbocycles. The Balaban J connectivity index is 1.53. The van der Waals surface area contributed by atoms with Crippen LogP contribution in [0.3, 0.4) is 0 Å². The molecule has 1 atom stereocenters. The van der Waals surface area contributed by atoms with Crippen LogP contribution in [0.5, 0.6) is 0 Å². The number of halogens is 2. The summed E-state index contributed by atoms with van der Waals surface area (Å²) in [6.07, 6.45) is 2.00. The molecule has 1 saturated heterocycles. The fraction of sp³-hybridized carbons (Fsp3) is 0.429.